The summed E-state index contributed by atoms with van der Waals surface area (Å²) >= 11 is 5.55. The van der Waals surface area contributed by atoms with E-state index < -0.39 is 0 Å². The molecule has 15 heavy (non-hydrogen) atoms. The fourth-order valence-electron chi connectivity index (χ4n) is 1.10. The highest BCUT2D eigenvalue weighted by Gasteiger charge is 2.06. The number of aromatic amines is 1. The lowest BCUT2D eigenvalue weighted by molar-refractivity contribution is 0.276. The molecule has 2 rings (SSSR count). The van der Waals surface area contributed by atoms with Crippen LogP contribution in [0.2, 0.25) is 5.15 Å². The molecule has 0 atom stereocenters. The fraction of sp³-hybridized carbons (Fsp3) is 0.125. The number of aliphatic hydroxyl groups is 1. The Kier molecular flexibility index (Phi) is 2.53. The van der Waals surface area contributed by atoms with Crippen molar-refractivity contribution in [2.75, 3.05) is 0 Å². The Morgan fingerprint density at radius 1 is 1.60 bits per heavy atom. The highest BCUT2D eigenvalue weighted by molar-refractivity contribution is 6.29. The van der Waals surface area contributed by atoms with E-state index in [4.69, 9.17) is 16.7 Å². The van der Waals surface area contributed by atoms with Gasteiger partial charge in [-0.3, -0.25) is 9.89 Å². The molecule has 2 N–H and O–H groups in total. The molecule has 0 spiro atoms. The zero-order valence-corrected chi connectivity index (χ0v) is 8.27. The molecule has 2 heterocycles. The number of halogens is 1. The first-order valence-corrected chi connectivity index (χ1v) is 4.49. The van der Waals surface area contributed by atoms with Crippen LogP contribution in [0, 0.1) is 0 Å². The van der Waals surface area contributed by atoms with Crippen molar-refractivity contribution in [2.45, 2.75) is 6.61 Å². The molecule has 0 amide bonds. The summed E-state index contributed by atoms with van der Waals surface area (Å²) in [6, 6.07) is 2.81. The quantitative estimate of drug-likeness (QED) is 0.761. The Labute approximate surface area is 89.1 Å². The lowest BCUT2D eigenvalue weighted by Gasteiger charge is -1.98. The first-order valence-electron chi connectivity index (χ1n) is 4.11. The normalized spacial score (nSPS) is 10.5. The van der Waals surface area contributed by atoms with Crippen molar-refractivity contribution in [2.24, 2.45) is 0 Å². The number of hydrogen-bond donors (Lipinski definition) is 2. The second-order valence-electron chi connectivity index (χ2n) is 2.81. The summed E-state index contributed by atoms with van der Waals surface area (Å²) in [5.74, 6) is 0.110. The van der Waals surface area contributed by atoms with Crippen molar-refractivity contribution in [3.63, 3.8) is 0 Å². The monoisotopic (exact) mass is 226 g/mol. The van der Waals surface area contributed by atoms with Crippen molar-refractivity contribution < 1.29 is 5.11 Å². The fourth-order valence-corrected chi connectivity index (χ4v) is 1.24. The second kappa shape index (κ2) is 3.84. The van der Waals surface area contributed by atoms with Gasteiger partial charge in [-0.05, 0) is 6.07 Å². The molecule has 78 valence electrons. The zero-order chi connectivity index (χ0) is 10.8. The number of rotatable bonds is 2. The molecule has 0 fully saturated rings. The average molecular weight is 227 g/mol. The molecular weight excluding hydrogens is 220 g/mol. The van der Waals surface area contributed by atoms with Crippen LogP contribution >= 0.6 is 11.6 Å². The topological polar surface area (TPSA) is 83.8 Å². The molecule has 2 aromatic rings. The highest BCUT2D eigenvalue weighted by atomic mass is 35.5. The Morgan fingerprint density at radius 3 is 3.00 bits per heavy atom. The molecule has 2 aromatic heterocycles. The van der Waals surface area contributed by atoms with Crippen LogP contribution in [0.5, 0.6) is 0 Å². The van der Waals surface area contributed by atoms with Gasteiger partial charge in [0, 0.05) is 12.3 Å². The molecule has 0 saturated heterocycles. The van der Waals surface area contributed by atoms with Crippen LogP contribution in [-0.4, -0.2) is 25.1 Å². The number of aromatic nitrogens is 4. The van der Waals surface area contributed by atoms with Crippen LogP contribution in [0.1, 0.15) is 5.69 Å². The maximum absolute atomic E-state index is 11.4. The van der Waals surface area contributed by atoms with E-state index in [-0.39, 0.29) is 23.0 Å². The van der Waals surface area contributed by atoms with Gasteiger partial charge in [-0.25, -0.2) is 4.68 Å². The van der Waals surface area contributed by atoms with Crippen LogP contribution in [0.15, 0.2) is 23.1 Å². The van der Waals surface area contributed by atoms with E-state index in [0.29, 0.717) is 5.69 Å². The summed E-state index contributed by atoms with van der Waals surface area (Å²) in [6.07, 6.45) is 1.54. The smallest absolute Gasteiger partial charge is 0.227 e. The van der Waals surface area contributed by atoms with E-state index in [9.17, 15) is 4.79 Å². The Morgan fingerprint density at radius 2 is 2.40 bits per heavy atom. The summed E-state index contributed by atoms with van der Waals surface area (Å²) in [5.41, 5.74) is 0.123. The predicted molar refractivity (Wildman–Crippen MR) is 52.9 cm³/mol. The summed E-state index contributed by atoms with van der Waals surface area (Å²) in [5, 5.41) is 19.1. The van der Waals surface area contributed by atoms with Gasteiger partial charge in [-0.2, -0.15) is 10.2 Å². The maximum atomic E-state index is 11.4. The van der Waals surface area contributed by atoms with E-state index in [0.717, 1.165) is 0 Å². The van der Waals surface area contributed by atoms with E-state index in [2.05, 4.69) is 15.3 Å². The Balaban J connectivity index is 2.49. The molecule has 0 aliphatic carbocycles. The van der Waals surface area contributed by atoms with Gasteiger partial charge in [0.25, 0.3) is 0 Å². The molecule has 6 nitrogen and oxygen atoms in total. The zero-order valence-electron chi connectivity index (χ0n) is 7.51. The standard InChI is InChI=1S/C8H7ClN4O2/c9-7-3-6(15)8(11-10-7)13-2-1-5(4-14)12-13/h1-3,14H,4H2,(H,10,15). The lowest BCUT2D eigenvalue weighted by atomic mass is 10.5. The molecule has 7 heteroatoms. The van der Waals surface area contributed by atoms with Crippen LogP contribution in [-0.2, 0) is 6.61 Å². The Hall–Kier alpha value is -1.66. The first-order chi connectivity index (χ1) is 7.20. The minimum atomic E-state index is -0.341. The SMILES string of the molecule is O=c1cc(Cl)[nH]nc1-n1ccc(CO)n1. The van der Waals surface area contributed by atoms with E-state index >= 15 is 0 Å². The van der Waals surface area contributed by atoms with Gasteiger partial charge in [-0.15, -0.1) is 0 Å². The highest BCUT2D eigenvalue weighted by Crippen LogP contribution is 2.02. The molecule has 0 saturated carbocycles. The molecular formula is C8H7ClN4O2. The minimum Gasteiger partial charge on any atom is -0.390 e. The van der Waals surface area contributed by atoms with Crippen molar-refractivity contribution in [1.29, 1.82) is 0 Å². The molecule has 0 aliphatic heterocycles. The largest absolute Gasteiger partial charge is 0.390 e. The van der Waals surface area contributed by atoms with Gasteiger partial charge in [0.1, 0.15) is 5.15 Å². The van der Waals surface area contributed by atoms with Gasteiger partial charge >= 0.3 is 0 Å². The number of hydrogen-bond acceptors (Lipinski definition) is 4. The van der Waals surface area contributed by atoms with Crippen molar-refractivity contribution in [1.82, 2.24) is 20.0 Å². The molecule has 0 radical (unpaired) electrons. The molecule has 0 aliphatic rings. The number of nitrogens with zero attached hydrogens (tertiary/aromatic N) is 3. The predicted octanol–water partition coefficient (Wildman–Crippen LogP) is 0.101. The van der Waals surface area contributed by atoms with Crippen LogP contribution in [0.3, 0.4) is 0 Å². The molecule has 0 unspecified atom stereocenters. The summed E-state index contributed by atoms with van der Waals surface area (Å²) < 4.78 is 1.28. The Bertz CT molecular complexity index is 533. The summed E-state index contributed by atoms with van der Waals surface area (Å²) in [7, 11) is 0. The minimum absolute atomic E-state index is 0.110. The molecule has 0 bridgehead atoms. The van der Waals surface area contributed by atoms with Gasteiger partial charge < -0.3 is 5.11 Å². The third kappa shape index (κ3) is 1.90. The van der Waals surface area contributed by atoms with Gasteiger partial charge in [0.15, 0.2) is 0 Å². The third-order valence-electron chi connectivity index (χ3n) is 1.77. The van der Waals surface area contributed by atoms with Crippen LogP contribution in [0.4, 0.5) is 0 Å². The maximum Gasteiger partial charge on any atom is 0.227 e. The number of aliphatic hydroxyl groups excluding tert-OH is 1. The van der Waals surface area contributed by atoms with Crippen molar-refractivity contribution in [3.8, 4) is 5.82 Å². The summed E-state index contributed by atoms with van der Waals surface area (Å²) in [4.78, 5) is 11.4. The van der Waals surface area contributed by atoms with E-state index in [1.165, 1.54) is 16.9 Å². The van der Waals surface area contributed by atoms with Crippen molar-refractivity contribution in [3.05, 3.63) is 39.4 Å². The lowest BCUT2D eigenvalue weighted by Crippen LogP contribution is -2.14. The number of H-pyrrole nitrogens is 1. The number of nitrogens with one attached hydrogen (secondary N) is 1. The van der Waals surface area contributed by atoms with E-state index in [1.54, 1.807) is 6.07 Å². The molecule has 0 aromatic carbocycles. The average Bonchev–Trinajstić information content (AvgIpc) is 2.66. The summed E-state index contributed by atoms with van der Waals surface area (Å²) in [6.45, 7) is -0.182. The third-order valence-corrected chi connectivity index (χ3v) is 1.96. The van der Waals surface area contributed by atoms with Gasteiger partial charge in [-0.1, -0.05) is 11.6 Å². The first kappa shape index (κ1) is 9.88. The van der Waals surface area contributed by atoms with Crippen LogP contribution < -0.4 is 5.43 Å². The van der Waals surface area contributed by atoms with Gasteiger partial charge in [0.2, 0.25) is 11.2 Å². The van der Waals surface area contributed by atoms with E-state index in [1.807, 2.05) is 0 Å². The second-order valence-corrected chi connectivity index (χ2v) is 3.22. The van der Waals surface area contributed by atoms with Crippen molar-refractivity contribution >= 4 is 11.6 Å². The van der Waals surface area contributed by atoms with Crippen LogP contribution in [0.25, 0.3) is 5.82 Å². The van der Waals surface area contributed by atoms with Gasteiger partial charge in [0.05, 0.1) is 12.3 Å².